The monoisotopic (exact) mass is 288 g/mol. The molecule has 0 radical (unpaired) electrons. The average Bonchev–Trinajstić information content (AvgIpc) is 2.85. The van der Waals surface area contributed by atoms with E-state index in [2.05, 4.69) is 26.0 Å². The molecule has 1 aromatic carbocycles. The lowest BCUT2D eigenvalue weighted by Gasteiger charge is -2.49. The molecule has 1 aromatic rings. The molecule has 116 valence electrons. The molecule has 3 rings (SSSR count). The third-order valence-corrected chi connectivity index (χ3v) is 6.56. The van der Waals surface area contributed by atoms with Gasteiger partial charge in [-0.3, -0.25) is 0 Å². The minimum atomic E-state index is -0.0951. The predicted molar refractivity (Wildman–Crippen MR) is 85.3 cm³/mol. The summed E-state index contributed by atoms with van der Waals surface area (Å²) < 4.78 is 0. The van der Waals surface area contributed by atoms with Crippen LogP contribution in [0, 0.1) is 17.3 Å². The van der Waals surface area contributed by atoms with Crippen LogP contribution >= 0.6 is 0 Å². The van der Waals surface area contributed by atoms with Crippen molar-refractivity contribution in [2.75, 3.05) is 0 Å². The zero-order valence-corrected chi connectivity index (χ0v) is 13.3. The topological polar surface area (TPSA) is 40.5 Å². The molecule has 0 bridgehead atoms. The summed E-state index contributed by atoms with van der Waals surface area (Å²) >= 11 is 0. The number of benzene rings is 1. The highest BCUT2D eigenvalue weighted by Crippen LogP contribution is 2.60. The first kappa shape index (κ1) is 14.9. The van der Waals surface area contributed by atoms with Crippen molar-refractivity contribution in [1.82, 2.24) is 0 Å². The van der Waals surface area contributed by atoms with Gasteiger partial charge in [0, 0.05) is 0 Å². The Morgan fingerprint density at radius 3 is 2.43 bits per heavy atom. The number of fused-ring (bicyclic) bond motifs is 1. The van der Waals surface area contributed by atoms with Crippen LogP contribution in [0.25, 0.3) is 0 Å². The lowest BCUT2D eigenvalue weighted by molar-refractivity contribution is -0.0365. The van der Waals surface area contributed by atoms with E-state index in [0.29, 0.717) is 23.5 Å². The molecule has 2 aliphatic rings. The van der Waals surface area contributed by atoms with Crippen LogP contribution in [0.3, 0.4) is 0 Å². The highest BCUT2D eigenvalue weighted by Gasteiger charge is 2.54. The molecule has 0 spiro atoms. The highest BCUT2D eigenvalue weighted by molar-refractivity contribution is 5.30. The Balaban J connectivity index is 1.91. The number of aliphatic hydroxyl groups excluding tert-OH is 1. The van der Waals surface area contributed by atoms with Gasteiger partial charge in [-0.2, -0.15) is 0 Å². The highest BCUT2D eigenvalue weighted by atomic mass is 16.3. The maximum Gasteiger partial charge on any atom is 0.115 e. The van der Waals surface area contributed by atoms with Crippen LogP contribution in [0.2, 0.25) is 0 Å². The van der Waals surface area contributed by atoms with Gasteiger partial charge in [-0.25, -0.2) is 0 Å². The summed E-state index contributed by atoms with van der Waals surface area (Å²) in [5.74, 6) is 2.27. The maximum atomic E-state index is 10.5. The van der Waals surface area contributed by atoms with E-state index in [1.54, 1.807) is 0 Å². The zero-order valence-electron chi connectivity index (χ0n) is 13.3. The van der Waals surface area contributed by atoms with Gasteiger partial charge in [0.1, 0.15) is 5.75 Å². The number of hydrogen-bond donors (Lipinski definition) is 2. The number of phenols is 1. The van der Waals surface area contributed by atoms with Gasteiger partial charge in [-0.15, -0.1) is 0 Å². The van der Waals surface area contributed by atoms with Crippen molar-refractivity contribution in [1.29, 1.82) is 0 Å². The summed E-state index contributed by atoms with van der Waals surface area (Å²) in [7, 11) is 0. The van der Waals surface area contributed by atoms with E-state index in [9.17, 15) is 10.2 Å². The molecule has 2 aliphatic carbocycles. The van der Waals surface area contributed by atoms with E-state index in [4.69, 9.17) is 0 Å². The Morgan fingerprint density at radius 1 is 1.10 bits per heavy atom. The van der Waals surface area contributed by atoms with Gasteiger partial charge in [0.05, 0.1) is 6.10 Å². The first-order chi connectivity index (χ1) is 10.1. The SMILES string of the molecule is CCC1C(c2ccc(O)cc2)CCC2(CC)C(O)CCC12. The number of phenolic OH excluding ortho intramolecular Hbond substituents is 1. The smallest absolute Gasteiger partial charge is 0.115 e. The van der Waals surface area contributed by atoms with E-state index < -0.39 is 0 Å². The van der Waals surface area contributed by atoms with Crippen molar-refractivity contribution in [2.45, 2.75) is 64.4 Å². The van der Waals surface area contributed by atoms with Crippen molar-refractivity contribution in [3.8, 4) is 5.75 Å². The maximum absolute atomic E-state index is 10.5. The number of hydrogen-bond acceptors (Lipinski definition) is 2. The molecule has 0 aliphatic heterocycles. The van der Waals surface area contributed by atoms with Crippen LogP contribution in [-0.4, -0.2) is 16.3 Å². The molecule has 2 N–H and O–H groups in total. The molecular weight excluding hydrogens is 260 g/mol. The normalized spacial score (nSPS) is 39.2. The van der Waals surface area contributed by atoms with Gasteiger partial charge < -0.3 is 10.2 Å². The second-order valence-corrected chi connectivity index (χ2v) is 7.10. The van der Waals surface area contributed by atoms with Crippen molar-refractivity contribution < 1.29 is 10.2 Å². The van der Waals surface area contributed by atoms with Crippen LogP contribution in [0.15, 0.2) is 24.3 Å². The van der Waals surface area contributed by atoms with E-state index >= 15 is 0 Å². The van der Waals surface area contributed by atoms with Crippen molar-refractivity contribution in [2.24, 2.45) is 17.3 Å². The molecule has 2 heteroatoms. The summed E-state index contributed by atoms with van der Waals surface area (Å²) in [5.41, 5.74) is 1.54. The first-order valence-electron chi connectivity index (χ1n) is 8.59. The van der Waals surface area contributed by atoms with E-state index in [1.807, 2.05) is 12.1 Å². The summed E-state index contributed by atoms with van der Waals surface area (Å²) in [6.45, 7) is 4.56. The summed E-state index contributed by atoms with van der Waals surface area (Å²) in [6, 6.07) is 7.81. The Labute approximate surface area is 128 Å². The summed E-state index contributed by atoms with van der Waals surface area (Å²) in [6.07, 6.45) is 6.69. The van der Waals surface area contributed by atoms with Crippen molar-refractivity contribution >= 4 is 0 Å². The molecule has 2 fully saturated rings. The minimum Gasteiger partial charge on any atom is -0.508 e. The fraction of sp³-hybridized carbons (Fsp3) is 0.684. The molecule has 0 saturated heterocycles. The Morgan fingerprint density at radius 2 is 1.81 bits per heavy atom. The molecule has 2 nitrogen and oxygen atoms in total. The summed E-state index contributed by atoms with van der Waals surface area (Å²) in [5, 5.41) is 20.1. The number of rotatable bonds is 3. The van der Waals surface area contributed by atoms with Crippen molar-refractivity contribution in [3.63, 3.8) is 0 Å². The third kappa shape index (κ3) is 2.28. The van der Waals surface area contributed by atoms with Crippen LogP contribution in [0.4, 0.5) is 0 Å². The van der Waals surface area contributed by atoms with E-state index in [-0.39, 0.29) is 11.5 Å². The first-order valence-corrected chi connectivity index (χ1v) is 8.59. The largest absolute Gasteiger partial charge is 0.508 e. The van der Waals surface area contributed by atoms with Gasteiger partial charge in [-0.05, 0) is 73.0 Å². The molecule has 0 amide bonds. The van der Waals surface area contributed by atoms with Crippen LogP contribution in [-0.2, 0) is 0 Å². The third-order valence-electron chi connectivity index (χ3n) is 6.56. The fourth-order valence-electron chi connectivity index (χ4n) is 5.45. The lowest BCUT2D eigenvalue weighted by Crippen LogP contribution is -2.44. The van der Waals surface area contributed by atoms with Crippen molar-refractivity contribution in [3.05, 3.63) is 29.8 Å². The average molecular weight is 288 g/mol. The van der Waals surface area contributed by atoms with Gasteiger partial charge in [0.15, 0.2) is 0 Å². The van der Waals surface area contributed by atoms with Gasteiger partial charge >= 0.3 is 0 Å². The fourth-order valence-corrected chi connectivity index (χ4v) is 5.45. The Bertz CT molecular complexity index is 481. The molecule has 5 atom stereocenters. The molecule has 5 unspecified atom stereocenters. The van der Waals surface area contributed by atoms with Crippen LogP contribution in [0.1, 0.15) is 63.9 Å². The second kappa shape index (κ2) is 5.64. The Kier molecular flexibility index (Phi) is 4.00. The standard InChI is InChI=1S/C19H28O2/c1-3-15-16(13-5-7-14(20)8-6-13)11-12-19(4-2)17(15)9-10-18(19)21/h5-8,15-18,20-21H,3-4,9-12H2,1-2H3. The predicted octanol–water partition coefficient (Wildman–Crippen LogP) is 4.46. The molecule has 0 heterocycles. The number of aliphatic hydroxyl groups is 1. The van der Waals surface area contributed by atoms with Gasteiger partial charge in [0.2, 0.25) is 0 Å². The molecule has 21 heavy (non-hydrogen) atoms. The van der Waals surface area contributed by atoms with Gasteiger partial charge in [0.25, 0.3) is 0 Å². The Hall–Kier alpha value is -1.02. The molecule has 0 aromatic heterocycles. The van der Waals surface area contributed by atoms with Crippen LogP contribution < -0.4 is 0 Å². The molecule has 2 saturated carbocycles. The second-order valence-electron chi connectivity index (χ2n) is 7.10. The quantitative estimate of drug-likeness (QED) is 0.862. The van der Waals surface area contributed by atoms with E-state index in [0.717, 1.165) is 19.3 Å². The number of aromatic hydroxyl groups is 1. The van der Waals surface area contributed by atoms with E-state index in [1.165, 1.54) is 24.8 Å². The van der Waals surface area contributed by atoms with Crippen LogP contribution in [0.5, 0.6) is 5.75 Å². The zero-order chi connectivity index (χ0) is 15.0. The van der Waals surface area contributed by atoms with Gasteiger partial charge in [-0.1, -0.05) is 32.4 Å². The summed E-state index contributed by atoms with van der Waals surface area (Å²) in [4.78, 5) is 0. The molecular formula is C19H28O2. The minimum absolute atomic E-state index is 0.0951. The lowest BCUT2D eigenvalue weighted by atomic mass is 9.56.